The zero-order valence-corrected chi connectivity index (χ0v) is 13.8. The van der Waals surface area contributed by atoms with Crippen LogP contribution in [0.2, 0.25) is 0 Å². The van der Waals surface area contributed by atoms with Crippen molar-refractivity contribution in [2.24, 2.45) is 0 Å². The van der Waals surface area contributed by atoms with Gasteiger partial charge in [0.05, 0.1) is 0 Å². The van der Waals surface area contributed by atoms with Gasteiger partial charge in [-0.15, -0.1) is 0 Å². The molecule has 0 saturated carbocycles. The number of nitrogens with one attached hydrogen (secondary N) is 1. The van der Waals surface area contributed by atoms with Gasteiger partial charge in [-0.2, -0.15) is 0 Å². The summed E-state index contributed by atoms with van der Waals surface area (Å²) in [4.78, 5) is 2.12. The van der Waals surface area contributed by atoms with Crippen molar-refractivity contribution in [3.8, 4) is 0 Å². The molecule has 0 fully saturated rings. The van der Waals surface area contributed by atoms with Gasteiger partial charge in [-0.3, -0.25) is 0 Å². The van der Waals surface area contributed by atoms with Gasteiger partial charge in [-0.25, -0.2) is 0 Å². The van der Waals surface area contributed by atoms with Gasteiger partial charge in [0.2, 0.25) is 0 Å². The van der Waals surface area contributed by atoms with E-state index in [9.17, 15) is 0 Å². The second kappa shape index (κ2) is 6.91. The largest absolute Gasteiger partial charge is 0.378 e. The molecule has 106 valence electrons. The molecule has 2 aromatic carbocycles. The molecular weight excluding hydrogens is 312 g/mol. The van der Waals surface area contributed by atoms with Crippen LogP contribution in [-0.2, 0) is 6.42 Å². The first-order valence-corrected chi connectivity index (χ1v) is 7.59. The lowest BCUT2D eigenvalue weighted by Gasteiger charge is -2.19. The molecule has 0 aliphatic rings. The lowest BCUT2D eigenvalue weighted by Crippen LogP contribution is -2.19. The Balaban J connectivity index is 2.18. The Bertz CT molecular complexity index is 549. The highest BCUT2D eigenvalue weighted by Crippen LogP contribution is 2.24. The molecule has 2 aromatic rings. The van der Waals surface area contributed by atoms with Crippen LogP contribution < -0.4 is 10.2 Å². The van der Waals surface area contributed by atoms with E-state index >= 15 is 0 Å². The van der Waals surface area contributed by atoms with Gasteiger partial charge in [0, 0.05) is 30.3 Å². The van der Waals surface area contributed by atoms with Crippen LogP contribution in [0.1, 0.15) is 17.2 Å². The number of rotatable bonds is 5. The fraction of sp³-hybridized carbons (Fsp3) is 0.294. The van der Waals surface area contributed by atoms with Crippen molar-refractivity contribution < 1.29 is 0 Å². The van der Waals surface area contributed by atoms with Crippen LogP contribution in [0.3, 0.4) is 0 Å². The van der Waals surface area contributed by atoms with Crippen molar-refractivity contribution in [2.75, 3.05) is 26.0 Å². The molecule has 1 atom stereocenters. The number of halogens is 1. The third-order valence-electron chi connectivity index (χ3n) is 3.54. The molecule has 1 unspecified atom stereocenters. The Morgan fingerprint density at radius 1 is 1.05 bits per heavy atom. The Morgan fingerprint density at radius 3 is 2.25 bits per heavy atom. The molecule has 20 heavy (non-hydrogen) atoms. The highest BCUT2D eigenvalue weighted by atomic mass is 79.9. The molecule has 3 heteroatoms. The van der Waals surface area contributed by atoms with E-state index in [0.29, 0.717) is 6.04 Å². The zero-order chi connectivity index (χ0) is 14.5. The Labute approximate surface area is 129 Å². The average Bonchev–Trinajstić information content (AvgIpc) is 2.46. The van der Waals surface area contributed by atoms with Gasteiger partial charge in [0.1, 0.15) is 0 Å². The molecule has 0 heterocycles. The van der Waals surface area contributed by atoms with E-state index in [-0.39, 0.29) is 0 Å². The van der Waals surface area contributed by atoms with Crippen LogP contribution in [0, 0.1) is 0 Å². The van der Waals surface area contributed by atoms with Crippen LogP contribution in [0.4, 0.5) is 5.69 Å². The summed E-state index contributed by atoms with van der Waals surface area (Å²) in [6, 6.07) is 17.5. The maximum absolute atomic E-state index is 3.62. The van der Waals surface area contributed by atoms with E-state index in [1.54, 1.807) is 0 Å². The number of hydrogen-bond donors (Lipinski definition) is 1. The van der Waals surface area contributed by atoms with Crippen molar-refractivity contribution in [1.29, 1.82) is 0 Å². The molecule has 0 aliphatic heterocycles. The van der Waals surface area contributed by atoms with Gasteiger partial charge < -0.3 is 10.2 Å². The van der Waals surface area contributed by atoms with Gasteiger partial charge in [-0.1, -0.05) is 46.3 Å². The third kappa shape index (κ3) is 3.62. The molecule has 0 aromatic heterocycles. The molecule has 2 rings (SSSR count). The molecule has 0 spiro atoms. The van der Waals surface area contributed by atoms with E-state index in [1.807, 2.05) is 13.1 Å². The van der Waals surface area contributed by atoms with Crippen LogP contribution in [-0.4, -0.2) is 21.1 Å². The van der Waals surface area contributed by atoms with Gasteiger partial charge >= 0.3 is 0 Å². The standard InChI is InChI=1S/C17H21BrN2/c1-19-17(12-14-6-4-5-7-16(14)18)13-8-10-15(11-9-13)20(2)3/h4-11,17,19H,12H2,1-3H3. The first kappa shape index (κ1) is 15.1. The number of hydrogen-bond acceptors (Lipinski definition) is 2. The van der Waals surface area contributed by atoms with Gasteiger partial charge in [0.15, 0.2) is 0 Å². The van der Waals surface area contributed by atoms with Crippen LogP contribution >= 0.6 is 15.9 Å². The summed E-state index contributed by atoms with van der Waals surface area (Å²) in [7, 11) is 6.14. The summed E-state index contributed by atoms with van der Waals surface area (Å²) in [5, 5.41) is 3.41. The van der Waals surface area contributed by atoms with Gasteiger partial charge in [-0.05, 0) is 42.8 Å². The number of benzene rings is 2. The highest BCUT2D eigenvalue weighted by molar-refractivity contribution is 9.10. The minimum atomic E-state index is 0.324. The van der Waals surface area contributed by atoms with Crippen LogP contribution in [0.25, 0.3) is 0 Å². The van der Waals surface area contributed by atoms with E-state index in [1.165, 1.54) is 21.3 Å². The second-order valence-corrected chi connectivity index (χ2v) is 5.98. The van der Waals surface area contributed by atoms with Gasteiger partial charge in [0.25, 0.3) is 0 Å². The van der Waals surface area contributed by atoms with Crippen molar-refractivity contribution >= 4 is 21.6 Å². The predicted octanol–water partition coefficient (Wildman–Crippen LogP) is 4.02. The van der Waals surface area contributed by atoms with E-state index in [0.717, 1.165) is 6.42 Å². The fourth-order valence-electron chi connectivity index (χ4n) is 2.28. The first-order chi connectivity index (χ1) is 9.61. The normalized spacial score (nSPS) is 12.2. The number of likely N-dealkylation sites (N-methyl/N-ethyl adjacent to an activating group) is 1. The van der Waals surface area contributed by atoms with E-state index in [2.05, 4.69) is 82.7 Å². The SMILES string of the molecule is CNC(Cc1ccccc1Br)c1ccc(N(C)C)cc1. The lowest BCUT2D eigenvalue weighted by molar-refractivity contribution is 0.591. The van der Waals surface area contributed by atoms with Crippen LogP contribution in [0.5, 0.6) is 0 Å². The minimum absolute atomic E-state index is 0.324. The number of anilines is 1. The number of nitrogens with zero attached hydrogens (tertiary/aromatic N) is 1. The Hall–Kier alpha value is -1.32. The smallest absolute Gasteiger partial charge is 0.0361 e. The molecule has 2 nitrogen and oxygen atoms in total. The molecule has 0 bridgehead atoms. The minimum Gasteiger partial charge on any atom is -0.378 e. The quantitative estimate of drug-likeness (QED) is 0.889. The lowest BCUT2D eigenvalue weighted by atomic mass is 9.99. The molecule has 0 saturated heterocycles. The summed E-state index contributed by atoms with van der Waals surface area (Å²) < 4.78 is 1.17. The first-order valence-electron chi connectivity index (χ1n) is 6.79. The summed E-state index contributed by atoms with van der Waals surface area (Å²) in [5.74, 6) is 0. The van der Waals surface area contributed by atoms with Crippen LogP contribution in [0.15, 0.2) is 53.0 Å². The fourth-order valence-corrected chi connectivity index (χ4v) is 2.72. The van der Waals surface area contributed by atoms with Crippen molar-refractivity contribution in [3.63, 3.8) is 0 Å². The average molecular weight is 333 g/mol. The molecule has 0 amide bonds. The summed E-state index contributed by atoms with van der Waals surface area (Å²) in [6.07, 6.45) is 0.971. The summed E-state index contributed by atoms with van der Waals surface area (Å²) >= 11 is 3.62. The molecule has 0 radical (unpaired) electrons. The van der Waals surface area contributed by atoms with E-state index < -0.39 is 0 Å². The highest BCUT2D eigenvalue weighted by Gasteiger charge is 2.11. The predicted molar refractivity (Wildman–Crippen MR) is 90.4 cm³/mol. The maximum atomic E-state index is 3.62. The Kier molecular flexibility index (Phi) is 5.21. The van der Waals surface area contributed by atoms with Crippen molar-refractivity contribution in [1.82, 2.24) is 5.32 Å². The maximum Gasteiger partial charge on any atom is 0.0361 e. The molecule has 0 aliphatic carbocycles. The molecular formula is C17H21BrN2. The second-order valence-electron chi connectivity index (χ2n) is 5.12. The summed E-state index contributed by atoms with van der Waals surface area (Å²) in [6.45, 7) is 0. The monoisotopic (exact) mass is 332 g/mol. The van der Waals surface area contributed by atoms with Crippen molar-refractivity contribution in [3.05, 3.63) is 64.1 Å². The Morgan fingerprint density at radius 2 is 1.70 bits per heavy atom. The summed E-state index contributed by atoms with van der Waals surface area (Å²) in [5.41, 5.74) is 3.86. The third-order valence-corrected chi connectivity index (χ3v) is 4.32. The topological polar surface area (TPSA) is 15.3 Å². The zero-order valence-electron chi connectivity index (χ0n) is 12.2. The molecule has 1 N–H and O–H groups in total. The van der Waals surface area contributed by atoms with E-state index in [4.69, 9.17) is 0 Å². The van der Waals surface area contributed by atoms with Crippen molar-refractivity contribution in [2.45, 2.75) is 12.5 Å².